The number of rotatable bonds is 5. The van der Waals surface area contributed by atoms with Crippen molar-refractivity contribution >= 4 is 5.97 Å². The number of hydrogen-bond donors (Lipinski definition) is 1. The Morgan fingerprint density at radius 2 is 1.71 bits per heavy atom. The predicted octanol–water partition coefficient (Wildman–Crippen LogP) is 3.69. The van der Waals surface area contributed by atoms with Gasteiger partial charge in [-0.15, -0.1) is 0 Å². The summed E-state index contributed by atoms with van der Waals surface area (Å²) in [6.45, 7) is 5.92. The van der Waals surface area contributed by atoms with E-state index in [-0.39, 0.29) is 0 Å². The molecular formula is C18H20O3. The van der Waals surface area contributed by atoms with E-state index < -0.39 is 12.1 Å². The molecule has 0 spiro atoms. The third-order valence-electron chi connectivity index (χ3n) is 3.42. The fraction of sp³-hybridized carbons (Fsp3) is 0.278. The van der Waals surface area contributed by atoms with Gasteiger partial charge in [0, 0.05) is 6.42 Å². The summed E-state index contributed by atoms with van der Waals surface area (Å²) in [7, 11) is 0. The summed E-state index contributed by atoms with van der Waals surface area (Å²) in [4.78, 5) is 11.5. The van der Waals surface area contributed by atoms with Gasteiger partial charge in [0.15, 0.2) is 6.10 Å². The first kappa shape index (κ1) is 15.1. The molecule has 21 heavy (non-hydrogen) atoms. The molecule has 1 atom stereocenters. The molecule has 0 aromatic heterocycles. The van der Waals surface area contributed by atoms with E-state index in [1.165, 1.54) is 0 Å². The first-order valence-corrected chi connectivity index (χ1v) is 6.98. The Kier molecular flexibility index (Phi) is 4.63. The highest BCUT2D eigenvalue weighted by Crippen LogP contribution is 2.20. The molecule has 0 aliphatic carbocycles. The number of benzene rings is 2. The standard InChI is InChI=1S/C18H20O3/c1-12-8-13(2)10-16(9-12)21-17(18(19)20)11-15-7-5-4-6-14(15)3/h4-10,17H,11H2,1-3H3,(H,19,20)/t17-/m1/s1. The molecule has 0 radical (unpaired) electrons. The van der Waals surface area contributed by atoms with Crippen molar-refractivity contribution in [2.45, 2.75) is 33.3 Å². The van der Waals surface area contributed by atoms with Crippen molar-refractivity contribution in [1.82, 2.24) is 0 Å². The summed E-state index contributed by atoms with van der Waals surface area (Å²) < 4.78 is 5.70. The molecule has 0 amide bonds. The molecule has 0 saturated carbocycles. The van der Waals surface area contributed by atoms with Crippen molar-refractivity contribution in [2.75, 3.05) is 0 Å². The van der Waals surface area contributed by atoms with E-state index in [0.717, 1.165) is 22.3 Å². The normalized spacial score (nSPS) is 12.0. The van der Waals surface area contributed by atoms with Crippen molar-refractivity contribution in [3.05, 3.63) is 64.7 Å². The number of ether oxygens (including phenoxy) is 1. The van der Waals surface area contributed by atoms with Crippen LogP contribution in [0.3, 0.4) is 0 Å². The van der Waals surface area contributed by atoms with Crippen molar-refractivity contribution in [3.8, 4) is 5.75 Å². The van der Waals surface area contributed by atoms with Crippen molar-refractivity contribution in [3.63, 3.8) is 0 Å². The van der Waals surface area contributed by atoms with Crippen molar-refractivity contribution < 1.29 is 14.6 Å². The zero-order valence-electron chi connectivity index (χ0n) is 12.6. The molecule has 0 aliphatic rings. The number of aliphatic carboxylic acids is 1. The Bertz CT molecular complexity index is 626. The molecule has 2 aromatic rings. The Labute approximate surface area is 125 Å². The Morgan fingerprint density at radius 1 is 1.10 bits per heavy atom. The van der Waals surface area contributed by atoms with Gasteiger partial charge in [-0.1, -0.05) is 30.3 Å². The van der Waals surface area contributed by atoms with Crippen LogP contribution in [-0.2, 0) is 11.2 Å². The second kappa shape index (κ2) is 6.44. The van der Waals surface area contributed by atoms with E-state index in [0.29, 0.717) is 12.2 Å². The summed E-state index contributed by atoms with van der Waals surface area (Å²) in [5, 5.41) is 9.40. The van der Waals surface area contributed by atoms with Gasteiger partial charge in [0.1, 0.15) is 5.75 Å². The molecule has 0 saturated heterocycles. The van der Waals surface area contributed by atoms with Crippen LogP contribution in [0.1, 0.15) is 22.3 Å². The minimum atomic E-state index is -0.947. The van der Waals surface area contributed by atoms with Gasteiger partial charge >= 0.3 is 5.97 Å². The summed E-state index contributed by atoms with van der Waals surface area (Å²) in [6.07, 6.45) is -0.526. The molecule has 0 aliphatic heterocycles. The molecule has 0 unspecified atom stereocenters. The van der Waals surface area contributed by atoms with Crippen LogP contribution < -0.4 is 4.74 Å². The van der Waals surface area contributed by atoms with Gasteiger partial charge in [-0.25, -0.2) is 4.79 Å². The SMILES string of the molecule is Cc1cc(C)cc(O[C@H](Cc2ccccc2C)C(=O)O)c1. The zero-order chi connectivity index (χ0) is 15.4. The molecule has 3 heteroatoms. The summed E-state index contributed by atoms with van der Waals surface area (Å²) >= 11 is 0. The molecule has 2 aromatic carbocycles. The van der Waals surface area contributed by atoms with E-state index in [4.69, 9.17) is 4.74 Å². The molecule has 1 N–H and O–H groups in total. The van der Waals surface area contributed by atoms with Crippen molar-refractivity contribution in [1.29, 1.82) is 0 Å². The molecule has 3 nitrogen and oxygen atoms in total. The maximum absolute atomic E-state index is 11.5. The van der Waals surface area contributed by atoms with E-state index in [2.05, 4.69) is 0 Å². The highest BCUT2D eigenvalue weighted by Gasteiger charge is 2.21. The van der Waals surface area contributed by atoms with Crippen LogP contribution in [0.25, 0.3) is 0 Å². The van der Waals surface area contributed by atoms with Crippen LogP contribution >= 0.6 is 0 Å². The van der Waals surface area contributed by atoms with E-state index in [9.17, 15) is 9.90 Å². The van der Waals surface area contributed by atoms with Gasteiger partial charge in [0.05, 0.1) is 0 Å². The van der Waals surface area contributed by atoms with Gasteiger partial charge in [0.25, 0.3) is 0 Å². The number of carboxylic acid groups (broad SMARTS) is 1. The number of carboxylic acids is 1. The highest BCUT2D eigenvalue weighted by atomic mass is 16.5. The highest BCUT2D eigenvalue weighted by molar-refractivity contribution is 5.73. The molecule has 0 fully saturated rings. The fourth-order valence-electron chi connectivity index (χ4n) is 2.38. The summed E-state index contributed by atoms with van der Waals surface area (Å²) in [5.41, 5.74) is 4.19. The number of carbonyl (C=O) groups is 1. The zero-order valence-corrected chi connectivity index (χ0v) is 12.6. The van der Waals surface area contributed by atoms with Crippen LogP contribution in [0.15, 0.2) is 42.5 Å². The molecule has 110 valence electrons. The predicted molar refractivity (Wildman–Crippen MR) is 82.9 cm³/mol. The number of aryl methyl sites for hydroxylation is 3. The third kappa shape index (κ3) is 4.09. The smallest absolute Gasteiger partial charge is 0.345 e. The topological polar surface area (TPSA) is 46.5 Å². The Morgan fingerprint density at radius 3 is 2.29 bits per heavy atom. The lowest BCUT2D eigenvalue weighted by Gasteiger charge is -2.17. The second-order valence-electron chi connectivity index (χ2n) is 5.40. The molecule has 2 rings (SSSR count). The molecule has 0 heterocycles. The summed E-state index contributed by atoms with van der Waals surface area (Å²) in [6, 6.07) is 13.5. The van der Waals surface area contributed by atoms with E-state index >= 15 is 0 Å². The maximum atomic E-state index is 11.5. The van der Waals surface area contributed by atoms with Crippen LogP contribution in [0.2, 0.25) is 0 Å². The van der Waals surface area contributed by atoms with Crippen LogP contribution in [0.5, 0.6) is 5.75 Å². The first-order chi connectivity index (χ1) is 9.95. The van der Waals surface area contributed by atoms with Crippen LogP contribution in [0, 0.1) is 20.8 Å². The summed E-state index contributed by atoms with van der Waals surface area (Å²) in [5.74, 6) is -0.342. The molecule has 0 bridgehead atoms. The van der Waals surface area contributed by atoms with Gasteiger partial charge in [0.2, 0.25) is 0 Å². The first-order valence-electron chi connectivity index (χ1n) is 6.98. The maximum Gasteiger partial charge on any atom is 0.345 e. The average Bonchev–Trinajstić information content (AvgIpc) is 2.39. The van der Waals surface area contributed by atoms with Crippen LogP contribution in [-0.4, -0.2) is 17.2 Å². The largest absolute Gasteiger partial charge is 0.478 e. The quantitative estimate of drug-likeness (QED) is 0.911. The Hall–Kier alpha value is -2.29. The lowest BCUT2D eigenvalue weighted by Crippen LogP contribution is -2.29. The van der Waals surface area contributed by atoms with Gasteiger partial charge < -0.3 is 9.84 Å². The fourth-order valence-corrected chi connectivity index (χ4v) is 2.38. The lowest BCUT2D eigenvalue weighted by molar-refractivity contribution is -0.145. The lowest BCUT2D eigenvalue weighted by atomic mass is 10.0. The van der Waals surface area contributed by atoms with Gasteiger partial charge in [-0.3, -0.25) is 0 Å². The minimum Gasteiger partial charge on any atom is -0.478 e. The minimum absolute atomic E-state index is 0.356. The monoisotopic (exact) mass is 284 g/mol. The average molecular weight is 284 g/mol. The van der Waals surface area contributed by atoms with Crippen LogP contribution in [0.4, 0.5) is 0 Å². The van der Waals surface area contributed by atoms with E-state index in [1.807, 2.05) is 63.2 Å². The van der Waals surface area contributed by atoms with Gasteiger partial charge in [-0.05, 0) is 55.2 Å². The van der Waals surface area contributed by atoms with E-state index in [1.54, 1.807) is 0 Å². The second-order valence-corrected chi connectivity index (χ2v) is 5.40. The molecular weight excluding hydrogens is 264 g/mol. The third-order valence-corrected chi connectivity index (χ3v) is 3.42. The van der Waals surface area contributed by atoms with Crippen molar-refractivity contribution in [2.24, 2.45) is 0 Å². The van der Waals surface area contributed by atoms with Gasteiger partial charge in [-0.2, -0.15) is 0 Å². The number of hydrogen-bond acceptors (Lipinski definition) is 2. The Balaban J connectivity index is 2.20.